The molecular formula is C29H20N6OS. The quantitative estimate of drug-likeness (QED) is 0.260. The van der Waals surface area contributed by atoms with Crippen molar-refractivity contribution in [1.82, 2.24) is 30.1 Å². The molecule has 0 saturated carbocycles. The van der Waals surface area contributed by atoms with Crippen LogP contribution in [0.5, 0.6) is 5.75 Å². The van der Waals surface area contributed by atoms with E-state index in [2.05, 4.69) is 42.7 Å². The Bertz CT molecular complexity index is 1840. The van der Waals surface area contributed by atoms with Crippen LogP contribution in [0.4, 0.5) is 0 Å². The number of thiophene rings is 1. The highest BCUT2D eigenvalue weighted by Crippen LogP contribution is 2.34. The van der Waals surface area contributed by atoms with Gasteiger partial charge in [-0.25, -0.2) is 4.98 Å². The Hall–Kier alpha value is -4.82. The first-order chi connectivity index (χ1) is 18.3. The maximum absolute atomic E-state index is 5.98. The number of benzene rings is 1. The van der Waals surface area contributed by atoms with Crippen LogP contribution < -0.4 is 4.74 Å². The van der Waals surface area contributed by atoms with Gasteiger partial charge >= 0.3 is 0 Å². The van der Waals surface area contributed by atoms with Gasteiger partial charge in [0.2, 0.25) is 0 Å². The second-order valence-corrected chi connectivity index (χ2v) is 9.58. The highest BCUT2D eigenvalue weighted by Gasteiger charge is 2.16. The molecular weight excluding hydrogens is 480 g/mol. The molecule has 7 nitrogen and oxygen atoms in total. The third-order valence-corrected chi connectivity index (χ3v) is 7.10. The van der Waals surface area contributed by atoms with E-state index in [1.54, 1.807) is 23.7 Å². The molecule has 0 atom stereocenters. The molecule has 0 bridgehead atoms. The maximum atomic E-state index is 5.98. The van der Waals surface area contributed by atoms with Crippen LogP contribution in [0.25, 0.3) is 55.2 Å². The van der Waals surface area contributed by atoms with E-state index >= 15 is 0 Å². The highest BCUT2D eigenvalue weighted by molar-refractivity contribution is 7.13. The van der Waals surface area contributed by atoms with Crippen molar-refractivity contribution in [2.45, 2.75) is 6.61 Å². The van der Waals surface area contributed by atoms with E-state index in [-0.39, 0.29) is 0 Å². The average Bonchev–Trinajstić information content (AvgIpc) is 3.71. The molecule has 0 aliphatic carbocycles. The molecule has 178 valence electrons. The summed E-state index contributed by atoms with van der Waals surface area (Å²) in [5, 5.41) is 10.8. The number of pyridine rings is 3. The van der Waals surface area contributed by atoms with Crippen LogP contribution in [0.1, 0.15) is 5.56 Å². The number of hydrogen-bond acceptors (Lipinski definition) is 6. The summed E-state index contributed by atoms with van der Waals surface area (Å²) in [6, 6.07) is 24.2. The molecule has 0 amide bonds. The third-order valence-electron chi connectivity index (χ3n) is 6.22. The van der Waals surface area contributed by atoms with Gasteiger partial charge in [-0.15, -0.1) is 11.3 Å². The molecule has 8 heteroatoms. The van der Waals surface area contributed by atoms with E-state index < -0.39 is 0 Å². The van der Waals surface area contributed by atoms with Crippen LogP contribution >= 0.6 is 11.3 Å². The number of fused-ring (bicyclic) bond motifs is 2. The molecule has 0 aliphatic heterocycles. The summed E-state index contributed by atoms with van der Waals surface area (Å²) in [6.45, 7) is 0.479. The molecule has 0 spiro atoms. The van der Waals surface area contributed by atoms with Gasteiger partial charge in [0.05, 0.1) is 33.7 Å². The molecule has 37 heavy (non-hydrogen) atoms. The van der Waals surface area contributed by atoms with Crippen molar-refractivity contribution in [3.05, 3.63) is 102 Å². The number of hydrogen-bond donors (Lipinski definition) is 2. The van der Waals surface area contributed by atoms with Crippen molar-refractivity contribution < 1.29 is 4.74 Å². The molecule has 0 aliphatic rings. The molecule has 0 unspecified atom stereocenters. The zero-order valence-corrected chi connectivity index (χ0v) is 20.4. The maximum Gasteiger partial charge on any atom is 0.138 e. The Morgan fingerprint density at radius 1 is 0.865 bits per heavy atom. The molecule has 0 saturated heterocycles. The van der Waals surface area contributed by atoms with Crippen LogP contribution in [0.2, 0.25) is 0 Å². The van der Waals surface area contributed by atoms with Crippen molar-refractivity contribution in [2.75, 3.05) is 0 Å². The fourth-order valence-corrected chi connectivity index (χ4v) is 5.15. The number of aromatic amines is 2. The summed E-state index contributed by atoms with van der Waals surface area (Å²) < 4.78 is 5.98. The molecule has 1 aromatic carbocycles. The number of nitrogens with one attached hydrogen (secondary N) is 2. The van der Waals surface area contributed by atoms with Crippen LogP contribution in [0.3, 0.4) is 0 Å². The van der Waals surface area contributed by atoms with Crippen molar-refractivity contribution >= 4 is 33.3 Å². The lowest BCUT2D eigenvalue weighted by atomic mass is 10.1. The standard InChI is InChI=1S/C29H20N6OS/c1-2-5-18(6-3-1)17-36-20-13-19(15-30-16-20)22-8-9-24-28(33-22)29(35-34-24)25-14-21-23(32-25)10-11-31-27(21)26-7-4-12-37-26/h1-16,32H,17H2,(H,34,35). The molecule has 6 heterocycles. The van der Waals surface area contributed by atoms with Gasteiger partial charge in [0, 0.05) is 28.9 Å². The van der Waals surface area contributed by atoms with Crippen LogP contribution in [0, 0.1) is 0 Å². The Morgan fingerprint density at radius 3 is 2.70 bits per heavy atom. The Labute approximate surface area is 215 Å². The summed E-state index contributed by atoms with van der Waals surface area (Å²) in [7, 11) is 0. The summed E-state index contributed by atoms with van der Waals surface area (Å²) >= 11 is 1.68. The molecule has 2 N–H and O–H groups in total. The Morgan fingerprint density at radius 2 is 1.81 bits per heavy atom. The van der Waals surface area contributed by atoms with Crippen molar-refractivity contribution in [1.29, 1.82) is 0 Å². The number of nitrogens with zero attached hydrogens (tertiary/aromatic N) is 4. The number of aromatic nitrogens is 6. The lowest BCUT2D eigenvalue weighted by molar-refractivity contribution is 0.305. The van der Waals surface area contributed by atoms with E-state index in [1.165, 1.54) is 0 Å². The molecule has 0 fully saturated rings. The van der Waals surface area contributed by atoms with E-state index in [9.17, 15) is 0 Å². The van der Waals surface area contributed by atoms with Crippen LogP contribution in [-0.4, -0.2) is 30.1 Å². The predicted octanol–water partition coefficient (Wildman–Crippen LogP) is 6.87. The van der Waals surface area contributed by atoms with Crippen molar-refractivity contribution in [3.8, 4) is 39.0 Å². The normalized spacial score (nSPS) is 11.4. The molecule has 6 aromatic heterocycles. The van der Waals surface area contributed by atoms with Gasteiger partial charge in [-0.2, -0.15) is 5.10 Å². The lowest BCUT2D eigenvalue weighted by Crippen LogP contribution is -1.96. The molecule has 7 aromatic rings. The second kappa shape index (κ2) is 9.00. The van der Waals surface area contributed by atoms with Gasteiger partial charge in [0.1, 0.15) is 23.6 Å². The minimum Gasteiger partial charge on any atom is -0.487 e. The molecule has 7 rings (SSSR count). The fourth-order valence-electron chi connectivity index (χ4n) is 4.42. The van der Waals surface area contributed by atoms with Crippen LogP contribution in [0.15, 0.2) is 96.8 Å². The Kier molecular flexibility index (Phi) is 5.22. The first-order valence-electron chi connectivity index (χ1n) is 11.8. The second-order valence-electron chi connectivity index (χ2n) is 8.63. The van der Waals surface area contributed by atoms with Gasteiger partial charge in [-0.1, -0.05) is 36.4 Å². The van der Waals surface area contributed by atoms with Gasteiger partial charge in [-0.05, 0) is 47.3 Å². The van der Waals surface area contributed by atoms with E-state index in [4.69, 9.17) is 9.72 Å². The topological polar surface area (TPSA) is 92.4 Å². The number of H-pyrrole nitrogens is 2. The van der Waals surface area contributed by atoms with E-state index in [0.717, 1.165) is 60.7 Å². The van der Waals surface area contributed by atoms with Crippen molar-refractivity contribution in [2.24, 2.45) is 0 Å². The zero-order chi connectivity index (χ0) is 24.6. The zero-order valence-electron chi connectivity index (χ0n) is 19.6. The Balaban J connectivity index is 1.24. The largest absolute Gasteiger partial charge is 0.487 e. The van der Waals surface area contributed by atoms with E-state index in [0.29, 0.717) is 12.4 Å². The lowest BCUT2D eigenvalue weighted by Gasteiger charge is -2.08. The number of rotatable bonds is 6. The smallest absolute Gasteiger partial charge is 0.138 e. The minimum atomic E-state index is 0.479. The van der Waals surface area contributed by atoms with Gasteiger partial charge in [0.25, 0.3) is 0 Å². The SMILES string of the molecule is c1ccc(COc2cncc(-c3ccc4[nH]nc(-c5cc6c(-c7cccs7)nccc6[nH]5)c4n3)c2)cc1. The highest BCUT2D eigenvalue weighted by atomic mass is 32.1. The fraction of sp³-hybridized carbons (Fsp3) is 0.0345. The minimum absolute atomic E-state index is 0.479. The van der Waals surface area contributed by atoms with Gasteiger partial charge in [-0.3, -0.25) is 15.1 Å². The van der Waals surface area contributed by atoms with Crippen molar-refractivity contribution in [3.63, 3.8) is 0 Å². The number of ether oxygens (including phenoxy) is 1. The monoisotopic (exact) mass is 500 g/mol. The van der Waals surface area contributed by atoms with E-state index in [1.807, 2.05) is 66.9 Å². The van der Waals surface area contributed by atoms with Gasteiger partial charge < -0.3 is 9.72 Å². The first kappa shape index (κ1) is 21.5. The summed E-state index contributed by atoms with van der Waals surface area (Å²) in [4.78, 5) is 18.6. The average molecular weight is 501 g/mol. The van der Waals surface area contributed by atoms with Crippen LogP contribution in [-0.2, 0) is 6.61 Å². The predicted molar refractivity (Wildman–Crippen MR) is 146 cm³/mol. The summed E-state index contributed by atoms with van der Waals surface area (Å²) in [5.74, 6) is 0.694. The first-order valence-corrected chi connectivity index (χ1v) is 12.7. The third kappa shape index (κ3) is 4.03. The summed E-state index contributed by atoms with van der Waals surface area (Å²) in [5.41, 5.74) is 8.03. The molecule has 0 radical (unpaired) electrons. The summed E-state index contributed by atoms with van der Waals surface area (Å²) in [6.07, 6.45) is 5.35. The van der Waals surface area contributed by atoms with Gasteiger partial charge in [0.15, 0.2) is 0 Å².